The van der Waals surface area contributed by atoms with Gasteiger partial charge in [0.05, 0.1) is 5.92 Å². The molecule has 0 aliphatic heterocycles. The largest absolute Gasteiger partial charge is 0.481 e. The van der Waals surface area contributed by atoms with Crippen molar-refractivity contribution in [2.75, 3.05) is 0 Å². The zero-order valence-electron chi connectivity index (χ0n) is 6.20. The Hall–Kier alpha value is -0.180. The van der Waals surface area contributed by atoms with Gasteiger partial charge in [0.15, 0.2) is 0 Å². The molecule has 1 N–H and O–H groups in total. The van der Waals surface area contributed by atoms with E-state index in [0.29, 0.717) is 10.5 Å². The number of aliphatic carboxylic acids is 1. The van der Waals surface area contributed by atoms with Gasteiger partial charge in [-0.15, -0.1) is 0 Å². The number of rotatable bonds is 3. The molecule has 1 rings (SSSR count). The van der Waals surface area contributed by atoms with Crippen LogP contribution in [0.25, 0.3) is 0 Å². The monoisotopic (exact) mass is 160 g/mol. The first-order valence-electron chi connectivity index (χ1n) is 3.49. The molecule has 0 heterocycles. The van der Waals surface area contributed by atoms with Crippen molar-refractivity contribution >= 4 is 17.7 Å². The molecular formula is C7H12O2S. The summed E-state index contributed by atoms with van der Waals surface area (Å²) in [7, 11) is 0. The average molecular weight is 160 g/mol. The number of hydrogen-bond acceptors (Lipinski definition) is 2. The Kier molecular flexibility index (Phi) is 2.24. The molecule has 0 aromatic carbocycles. The first-order valence-corrected chi connectivity index (χ1v) is 4.44. The highest BCUT2D eigenvalue weighted by Gasteiger charge is 2.43. The van der Waals surface area contributed by atoms with Crippen molar-refractivity contribution in [3.05, 3.63) is 0 Å². The minimum absolute atomic E-state index is 0.0487. The van der Waals surface area contributed by atoms with Crippen LogP contribution in [0.5, 0.6) is 0 Å². The predicted octanol–water partition coefficient (Wildman–Crippen LogP) is 1.60. The van der Waals surface area contributed by atoms with Gasteiger partial charge in [-0.1, -0.05) is 13.8 Å². The van der Waals surface area contributed by atoms with Gasteiger partial charge in [-0.2, -0.15) is 11.8 Å². The van der Waals surface area contributed by atoms with E-state index in [1.807, 2.05) is 0 Å². The predicted molar refractivity (Wildman–Crippen MR) is 42.3 cm³/mol. The highest BCUT2D eigenvalue weighted by molar-refractivity contribution is 8.00. The lowest BCUT2D eigenvalue weighted by Gasteiger charge is -2.00. The van der Waals surface area contributed by atoms with Crippen LogP contribution < -0.4 is 0 Å². The Balaban J connectivity index is 2.20. The smallest absolute Gasteiger partial charge is 0.307 e. The third kappa shape index (κ3) is 1.90. The summed E-state index contributed by atoms with van der Waals surface area (Å²) >= 11 is 1.78. The molecule has 0 amide bonds. The molecule has 3 heteroatoms. The minimum Gasteiger partial charge on any atom is -0.481 e. The van der Waals surface area contributed by atoms with E-state index in [1.165, 1.54) is 0 Å². The van der Waals surface area contributed by atoms with Crippen molar-refractivity contribution in [2.45, 2.75) is 30.8 Å². The molecule has 1 aliphatic rings. The molecule has 0 aromatic rings. The van der Waals surface area contributed by atoms with Crippen molar-refractivity contribution in [1.29, 1.82) is 0 Å². The van der Waals surface area contributed by atoms with Gasteiger partial charge in [0, 0.05) is 5.25 Å². The first kappa shape index (κ1) is 7.92. The van der Waals surface area contributed by atoms with E-state index in [1.54, 1.807) is 11.8 Å². The topological polar surface area (TPSA) is 37.3 Å². The second-order valence-electron chi connectivity index (χ2n) is 2.90. The fourth-order valence-corrected chi connectivity index (χ4v) is 2.26. The lowest BCUT2D eigenvalue weighted by Crippen LogP contribution is -2.01. The van der Waals surface area contributed by atoms with Gasteiger partial charge in [0.25, 0.3) is 0 Å². The molecule has 0 bridgehead atoms. The molecule has 0 radical (unpaired) electrons. The van der Waals surface area contributed by atoms with Crippen LogP contribution in [-0.2, 0) is 4.79 Å². The van der Waals surface area contributed by atoms with Gasteiger partial charge < -0.3 is 5.11 Å². The standard InChI is InChI=1S/C7H12O2S/c1-4(2)10-6-3-5(6)7(8)9/h4-6H,3H2,1-2H3,(H,8,9). The Morgan fingerprint density at radius 2 is 2.30 bits per heavy atom. The van der Waals surface area contributed by atoms with Crippen molar-refractivity contribution < 1.29 is 9.90 Å². The maximum Gasteiger partial charge on any atom is 0.307 e. The zero-order chi connectivity index (χ0) is 7.72. The molecule has 1 saturated carbocycles. The van der Waals surface area contributed by atoms with Crippen LogP contribution in [0.4, 0.5) is 0 Å². The molecule has 1 aliphatic carbocycles. The van der Waals surface area contributed by atoms with Gasteiger partial charge in [-0.25, -0.2) is 0 Å². The van der Waals surface area contributed by atoms with E-state index in [0.717, 1.165) is 6.42 Å². The first-order chi connectivity index (χ1) is 4.61. The Bertz CT molecular complexity index is 145. The van der Waals surface area contributed by atoms with Crippen LogP contribution in [-0.4, -0.2) is 21.6 Å². The molecule has 1 fully saturated rings. The Labute approximate surface area is 65.0 Å². The fraction of sp³-hybridized carbons (Fsp3) is 0.857. The van der Waals surface area contributed by atoms with Gasteiger partial charge in [-0.3, -0.25) is 4.79 Å². The molecule has 2 unspecified atom stereocenters. The van der Waals surface area contributed by atoms with Crippen molar-refractivity contribution in [2.24, 2.45) is 5.92 Å². The number of thioether (sulfide) groups is 1. The lowest BCUT2D eigenvalue weighted by molar-refractivity contribution is -0.138. The zero-order valence-corrected chi connectivity index (χ0v) is 7.02. The minimum atomic E-state index is -0.627. The van der Waals surface area contributed by atoms with E-state index in [2.05, 4.69) is 13.8 Å². The van der Waals surface area contributed by atoms with Crippen LogP contribution in [0.2, 0.25) is 0 Å². The van der Waals surface area contributed by atoms with Gasteiger partial charge >= 0.3 is 5.97 Å². The molecule has 58 valence electrons. The Morgan fingerprint density at radius 3 is 2.60 bits per heavy atom. The van der Waals surface area contributed by atoms with Gasteiger partial charge in [0.2, 0.25) is 0 Å². The van der Waals surface area contributed by atoms with Crippen molar-refractivity contribution in [1.82, 2.24) is 0 Å². The maximum absolute atomic E-state index is 10.3. The Morgan fingerprint density at radius 1 is 1.70 bits per heavy atom. The van der Waals surface area contributed by atoms with Crippen LogP contribution in [0, 0.1) is 5.92 Å². The quantitative estimate of drug-likeness (QED) is 0.681. The molecule has 0 spiro atoms. The summed E-state index contributed by atoms with van der Waals surface area (Å²) in [5, 5.41) is 9.49. The van der Waals surface area contributed by atoms with Gasteiger partial charge in [-0.05, 0) is 11.7 Å². The molecule has 0 aromatic heterocycles. The van der Waals surface area contributed by atoms with Crippen LogP contribution >= 0.6 is 11.8 Å². The number of hydrogen-bond donors (Lipinski definition) is 1. The van der Waals surface area contributed by atoms with Gasteiger partial charge in [0.1, 0.15) is 0 Å². The maximum atomic E-state index is 10.3. The normalized spacial score (nSPS) is 30.7. The fourth-order valence-electron chi connectivity index (χ4n) is 0.932. The van der Waals surface area contributed by atoms with Crippen molar-refractivity contribution in [3.8, 4) is 0 Å². The second kappa shape index (κ2) is 2.82. The van der Waals surface area contributed by atoms with Crippen LogP contribution in [0.3, 0.4) is 0 Å². The van der Waals surface area contributed by atoms with E-state index in [9.17, 15) is 4.79 Å². The van der Waals surface area contributed by atoms with E-state index >= 15 is 0 Å². The molecule has 2 nitrogen and oxygen atoms in total. The van der Waals surface area contributed by atoms with E-state index in [4.69, 9.17) is 5.11 Å². The van der Waals surface area contributed by atoms with E-state index in [-0.39, 0.29) is 5.92 Å². The lowest BCUT2D eigenvalue weighted by atomic mass is 10.4. The highest BCUT2D eigenvalue weighted by atomic mass is 32.2. The van der Waals surface area contributed by atoms with Crippen LogP contribution in [0.1, 0.15) is 20.3 Å². The molecular weight excluding hydrogens is 148 g/mol. The number of carboxylic acids is 1. The third-order valence-corrected chi connectivity index (χ3v) is 2.91. The highest BCUT2D eigenvalue weighted by Crippen LogP contribution is 2.43. The van der Waals surface area contributed by atoms with E-state index < -0.39 is 5.97 Å². The third-order valence-electron chi connectivity index (χ3n) is 1.50. The summed E-state index contributed by atoms with van der Waals surface area (Å²) in [5.74, 6) is -0.675. The summed E-state index contributed by atoms with van der Waals surface area (Å²) < 4.78 is 0. The summed E-state index contributed by atoms with van der Waals surface area (Å²) in [4.78, 5) is 10.3. The number of carbonyl (C=O) groups is 1. The summed E-state index contributed by atoms with van der Waals surface area (Å²) in [6.07, 6.45) is 0.873. The average Bonchev–Trinajstić information content (AvgIpc) is 2.43. The summed E-state index contributed by atoms with van der Waals surface area (Å²) in [5.41, 5.74) is 0. The second-order valence-corrected chi connectivity index (χ2v) is 4.72. The number of carboxylic acid groups (broad SMARTS) is 1. The summed E-state index contributed by atoms with van der Waals surface area (Å²) in [6, 6.07) is 0. The van der Waals surface area contributed by atoms with Crippen molar-refractivity contribution in [3.63, 3.8) is 0 Å². The summed E-state index contributed by atoms with van der Waals surface area (Å²) in [6.45, 7) is 4.20. The molecule has 0 saturated heterocycles. The SMILES string of the molecule is CC(C)SC1CC1C(=O)O. The van der Waals surface area contributed by atoms with Crippen LogP contribution in [0.15, 0.2) is 0 Å². The molecule has 10 heavy (non-hydrogen) atoms. The molecule has 2 atom stereocenters.